The smallest absolute Gasteiger partial charge is 0.254 e. The van der Waals surface area contributed by atoms with Crippen molar-refractivity contribution in [2.75, 3.05) is 26.2 Å². The molecule has 1 aliphatic heterocycles. The lowest BCUT2D eigenvalue weighted by molar-refractivity contribution is 0.0343. The molecule has 0 radical (unpaired) electrons. The molecule has 1 aromatic rings. The molecule has 0 unspecified atom stereocenters. The average molecular weight is 238 g/mol. The first-order chi connectivity index (χ1) is 8.36. The maximum atomic E-state index is 11.5. The topological polar surface area (TPSA) is 63.5 Å². The summed E-state index contributed by atoms with van der Waals surface area (Å²) in [5.74, 6) is -0.118. The van der Waals surface area contributed by atoms with Gasteiger partial charge >= 0.3 is 0 Å². The molecule has 94 valence electrons. The zero-order chi connectivity index (χ0) is 11.9. The van der Waals surface area contributed by atoms with Crippen LogP contribution in [0.3, 0.4) is 0 Å². The van der Waals surface area contributed by atoms with Crippen LogP contribution in [0.5, 0.6) is 0 Å². The van der Waals surface area contributed by atoms with Gasteiger partial charge in [-0.15, -0.1) is 0 Å². The predicted molar refractivity (Wildman–Crippen MR) is 62.9 cm³/mol. The summed E-state index contributed by atoms with van der Waals surface area (Å²) in [6.07, 6.45) is 5.36. The van der Waals surface area contributed by atoms with E-state index in [0.717, 1.165) is 25.9 Å². The van der Waals surface area contributed by atoms with Crippen molar-refractivity contribution in [1.29, 1.82) is 0 Å². The maximum absolute atomic E-state index is 11.5. The number of amides is 1. The number of carbonyl (C=O) groups excluding carboxylic acids is 1. The van der Waals surface area contributed by atoms with Gasteiger partial charge in [-0.1, -0.05) is 0 Å². The first kappa shape index (κ1) is 12.1. The van der Waals surface area contributed by atoms with Crippen LogP contribution >= 0.6 is 0 Å². The van der Waals surface area contributed by atoms with Gasteiger partial charge in [-0.05, 0) is 32.0 Å². The van der Waals surface area contributed by atoms with E-state index in [1.54, 1.807) is 6.07 Å². The van der Waals surface area contributed by atoms with Gasteiger partial charge in [-0.3, -0.25) is 4.79 Å². The normalized spacial score (nSPS) is 16.9. The van der Waals surface area contributed by atoms with Gasteiger partial charge in [0.05, 0.1) is 24.5 Å². The van der Waals surface area contributed by atoms with Gasteiger partial charge < -0.3 is 19.8 Å². The molecule has 1 aliphatic rings. The summed E-state index contributed by atoms with van der Waals surface area (Å²) in [5, 5.41) is 6.07. The van der Waals surface area contributed by atoms with E-state index in [1.165, 1.54) is 12.5 Å². The van der Waals surface area contributed by atoms with E-state index in [4.69, 9.17) is 9.15 Å². The SMILES string of the molecule is O=C(NCCOC1CCNCC1)c1ccoc1. The van der Waals surface area contributed by atoms with Crippen molar-refractivity contribution in [2.45, 2.75) is 18.9 Å². The minimum absolute atomic E-state index is 0.118. The van der Waals surface area contributed by atoms with Crippen LogP contribution in [-0.4, -0.2) is 38.3 Å². The van der Waals surface area contributed by atoms with E-state index in [0.29, 0.717) is 24.8 Å². The lowest BCUT2D eigenvalue weighted by Gasteiger charge is -2.22. The third-order valence-corrected chi connectivity index (χ3v) is 2.81. The third-order valence-electron chi connectivity index (χ3n) is 2.81. The Kier molecular flexibility index (Phi) is 4.58. The first-order valence-electron chi connectivity index (χ1n) is 5.99. The van der Waals surface area contributed by atoms with Crippen molar-refractivity contribution in [2.24, 2.45) is 0 Å². The number of rotatable bonds is 5. The molecule has 0 spiro atoms. The van der Waals surface area contributed by atoms with E-state index in [1.807, 2.05) is 0 Å². The quantitative estimate of drug-likeness (QED) is 0.744. The van der Waals surface area contributed by atoms with E-state index in [2.05, 4.69) is 10.6 Å². The highest BCUT2D eigenvalue weighted by atomic mass is 16.5. The third kappa shape index (κ3) is 3.87. The van der Waals surface area contributed by atoms with Crippen molar-refractivity contribution in [3.8, 4) is 0 Å². The first-order valence-corrected chi connectivity index (χ1v) is 5.99. The molecule has 17 heavy (non-hydrogen) atoms. The molecule has 1 amide bonds. The number of piperidine rings is 1. The molecule has 2 heterocycles. The van der Waals surface area contributed by atoms with E-state index in [-0.39, 0.29) is 5.91 Å². The Bertz CT molecular complexity index is 332. The second kappa shape index (κ2) is 6.42. The minimum Gasteiger partial charge on any atom is -0.472 e. The molecule has 1 saturated heterocycles. The lowest BCUT2D eigenvalue weighted by atomic mass is 10.1. The highest BCUT2D eigenvalue weighted by Gasteiger charge is 2.13. The zero-order valence-electron chi connectivity index (χ0n) is 9.78. The van der Waals surface area contributed by atoms with Crippen LogP contribution in [0.1, 0.15) is 23.2 Å². The molecule has 2 N–H and O–H groups in total. The molecule has 0 bridgehead atoms. The van der Waals surface area contributed by atoms with Gasteiger partial charge in [0.2, 0.25) is 0 Å². The van der Waals surface area contributed by atoms with Crippen molar-refractivity contribution >= 4 is 5.91 Å². The van der Waals surface area contributed by atoms with Crippen molar-refractivity contribution in [3.63, 3.8) is 0 Å². The summed E-state index contributed by atoms with van der Waals surface area (Å²) in [4.78, 5) is 11.5. The summed E-state index contributed by atoms with van der Waals surface area (Å²) >= 11 is 0. The van der Waals surface area contributed by atoms with E-state index >= 15 is 0 Å². The molecular formula is C12H18N2O3. The second-order valence-corrected chi connectivity index (χ2v) is 4.09. The van der Waals surface area contributed by atoms with Gasteiger partial charge in [-0.2, -0.15) is 0 Å². The van der Waals surface area contributed by atoms with Gasteiger partial charge in [0.25, 0.3) is 5.91 Å². The molecule has 0 aromatic carbocycles. The monoisotopic (exact) mass is 238 g/mol. The van der Waals surface area contributed by atoms with Crippen molar-refractivity contribution in [3.05, 3.63) is 24.2 Å². The highest BCUT2D eigenvalue weighted by Crippen LogP contribution is 2.06. The Labute approximate surface area is 101 Å². The van der Waals surface area contributed by atoms with Crippen LogP contribution in [-0.2, 0) is 4.74 Å². The van der Waals surface area contributed by atoms with Crippen LogP contribution in [0.25, 0.3) is 0 Å². The standard InChI is InChI=1S/C12H18N2O3/c15-12(10-3-7-16-9-10)14-6-8-17-11-1-4-13-5-2-11/h3,7,9,11,13H,1-2,4-6,8H2,(H,14,15). The number of furan rings is 1. The molecule has 1 aromatic heterocycles. The summed E-state index contributed by atoms with van der Waals surface area (Å²) in [7, 11) is 0. The fourth-order valence-corrected chi connectivity index (χ4v) is 1.85. The van der Waals surface area contributed by atoms with Crippen LogP contribution in [0.15, 0.2) is 23.0 Å². The summed E-state index contributed by atoms with van der Waals surface area (Å²) < 4.78 is 10.5. The molecule has 0 aliphatic carbocycles. The largest absolute Gasteiger partial charge is 0.472 e. The molecule has 2 rings (SSSR count). The summed E-state index contributed by atoms with van der Waals surface area (Å²) in [6, 6.07) is 1.64. The fraction of sp³-hybridized carbons (Fsp3) is 0.583. The Balaban J connectivity index is 1.58. The summed E-state index contributed by atoms with van der Waals surface area (Å²) in [6.45, 7) is 3.14. The number of nitrogens with one attached hydrogen (secondary N) is 2. The lowest BCUT2D eigenvalue weighted by Crippen LogP contribution is -2.34. The Hall–Kier alpha value is -1.33. The van der Waals surface area contributed by atoms with E-state index in [9.17, 15) is 4.79 Å². The van der Waals surface area contributed by atoms with Gasteiger partial charge in [0.1, 0.15) is 6.26 Å². The van der Waals surface area contributed by atoms with Crippen molar-refractivity contribution in [1.82, 2.24) is 10.6 Å². The Morgan fingerprint density at radius 3 is 3.06 bits per heavy atom. The van der Waals surface area contributed by atoms with Crippen LogP contribution < -0.4 is 10.6 Å². The van der Waals surface area contributed by atoms with Gasteiger partial charge in [0, 0.05) is 6.54 Å². The fourth-order valence-electron chi connectivity index (χ4n) is 1.85. The van der Waals surface area contributed by atoms with Crippen LogP contribution in [0.4, 0.5) is 0 Å². The molecule has 0 atom stereocenters. The molecule has 5 heteroatoms. The predicted octanol–water partition coefficient (Wildman–Crippen LogP) is 0.778. The highest BCUT2D eigenvalue weighted by molar-refractivity contribution is 5.93. The number of hydrogen-bond acceptors (Lipinski definition) is 4. The summed E-state index contributed by atoms with van der Waals surface area (Å²) in [5.41, 5.74) is 0.548. The van der Waals surface area contributed by atoms with E-state index < -0.39 is 0 Å². The van der Waals surface area contributed by atoms with Crippen LogP contribution in [0, 0.1) is 0 Å². The number of ether oxygens (including phenoxy) is 1. The Morgan fingerprint density at radius 1 is 1.53 bits per heavy atom. The van der Waals surface area contributed by atoms with Gasteiger partial charge in [-0.25, -0.2) is 0 Å². The molecule has 1 fully saturated rings. The number of carbonyl (C=O) groups is 1. The Morgan fingerprint density at radius 2 is 2.35 bits per heavy atom. The average Bonchev–Trinajstić information content (AvgIpc) is 2.89. The van der Waals surface area contributed by atoms with Crippen molar-refractivity contribution < 1.29 is 13.9 Å². The van der Waals surface area contributed by atoms with Gasteiger partial charge in [0.15, 0.2) is 0 Å². The molecular weight excluding hydrogens is 220 g/mol. The van der Waals surface area contributed by atoms with Crippen LogP contribution in [0.2, 0.25) is 0 Å². The second-order valence-electron chi connectivity index (χ2n) is 4.09. The minimum atomic E-state index is -0.118. The molecule has 5 nitrogen and oxygen atoms in total. The zero-order valence-corrected chi connectivity index (χ0v) is 9.78. The maximum Gasteiger partial charge on any atom is 0.254 e. The number of hydrogen-bond donors (Lipinski definition) is 2. The molecule has 0 saturated carbocycles.